The van der Waals surface area contributed by atoms with Gasteiger partial charge in [0.25, 0.3) is 0 Å². The highest BCUT2D eigenvalue weighted by Crippen LogP contribution is 2.27. The maximum absolute atomic E-state index is 6.03. The van der Waals surface area contributed by atoms with Crippen molar-refractivity contribution in [2.45, 2.75) is 51.2 Å². The summed E-state index contributed by atoms with van der Waals surface area (Å²) in [5, 5.41) is 3.54. The lowest BCUT2D eigenvalue weighted by atomic mass is 9.94. The normalized spacial score (nSPS) is 20.3. The monoisotopic (exact) mass is 409 g/mol. The van der Waals surface area contributed by atoms with Crippen molar-refractivity contribution in [3.05, 3.63) is 54.4 Å². The lowest BCUT2D eigenvalue weighted by Crippen LogP contribution is -2.38. The smallest absolute Gasteiger partial charge is 0.139 e. The van der Waals surface area contributed by atoms with Crippen molar-refractivity contribution in [1.29, 1.82) is 0 Å². The molecule has 1 aromatic carbocycles. The Morgan fingerprint density at radius 3 is 2.70 bits per heavy atom. The second-order valence-electron chi connectivity index (χ2n) is 8.59. The van der Waals surface area contributed by atoms with Gasteiger partial charge in [0.2, 0.25) is 0 Å². The van der Waals surface area contributed by atoms with E-state index in [1.54, 1.807) is 0 Å². The van der Waals surface area contributed by atoms with Crippen molar-refractivity contribution in [3.63, 3.8) is 0 Å². The minimum Gasteiger partial charge on any atom is -0.490 e. The summed E-state index contributed by atoms with van der Waals surface area (Å²) >= 11 is 0. The topological polar surface area (TPSA) is 46.6 Å². The zero-order valence-corrected chi connectivity index (χ0v) is 18.0. The molecule has 0 aliphatic carbocycles. The van der Waals surface area contributed by atoms with Gasteiger partial charge < -0.3 is 19.7 Å². The maximum atomic E-state index is 6.03. The largest absolute Gasteiger partial charge is 0.490 e. The molecule has 0 bridgehead atoms. The molecule has 1 atom stereocenters. The number of nitrogens with one attached hydrogen (secondary N) is 1. The zero-order chi connectivity index (χ0) is 20.4. The fraction of sp³-hybridized carbons (Fsp3) is 0.560. The molecule has 3 heterocycles. The number of pyridine rings is 1. The average Bonchev–Trinajstić information content (AvgIpc) is 2.82. The van der Waals surface area contributed by atoms with Gasteiger partial charge in [0.15, 0.2) is 0 Å². The Morgan fingerprint density at radius 2 is 1.90 bits per heavy atom. The summed E-state index contributed by atoms with van der Waals surface area (Å²) in [6.07, 6.45) is 11.2. The Morgan fingerprint density at radius 1 is 1.03 bits per heavy atom. The van der Waals surface area contributed by atoms with Gasteiger partial charge in [0, 0.05) is 31.8 Å². The third-order valence-corrected chi connectivity index (χ3v) is 6.32. The number of rotatable bonds is 9. The van der Waals surface area contributed by atoms with E-state index in [1.165, 1.54) is 43.4 Å². The molecule has 0 saturated carbocycles. The van der Waals surface area contributed by atoms with E-state index in [9.17, 15) is 0 Å². The van der Waals surface area contributed by atoms with Crippen molar-refractivity contribution >= 4 is 5.69 Å². The Hall–Kier alpha value is -2.11. The van der Waals surface area contributed by atoms with Gasteiger partial charge in [-0.15, -0.1) is 0 Å². The van der Waals surface area contributed by atoms with Gasteiger partial charge in [-0.05, 0) is 50.1 Å². The summed E-state index contributed by atoms with van der Waals surface area (Å²) in [5.74, 6) is 1.64. The van der Waals surface area contributed by atoms with Gasteiger partial charge >= 0.3 is 0 Å². The number of nitrogens with zero attached hydrogens (tertiary/aromatic N) is 2. The molecule has 5 heteroatoms. The van der Waals surface area contributed by atoms with E-state index < -0.39 is 0 Å². The van der Waals surface area contributed by atoms with Gasteiger partial charge in [-0.1, -0.05) is 36.8 Å². The van der Waals surface area contributed by atoms with Crippen LogP contribution in [0, 0.1) is 5.92 Å². The van der Waals surface area contributed by atoms with E-state index in [4.69, 9.17) is 9.47 Å². The van der Waals surface area contributed by atoms with Gasteiger partial charge in [-0.2, -0.15) is 0 Å². The van der Waals surface area contributed by atoms with E-state index in [2.05, 4.69) is 45.5 Å². The van der Waals surface area contributed by atoms with Crippen LogP contribution in [-0.2, 0) is 11.3 Å². The highest BCUT2D eigenvalue weighted by molar-refractivity contribution is 5.48. The molecule has 2 aromatic rings. The summed E-state index contributed by atoms with van der Waals surface area (Å²) < 4.78 is 11.9. The average molecular weight is 410 g/mol. The first-order valence-corrected chi connectivity index (χ1v) is 11.5. The Labute approximate surface area is 180 Å². The molecule has 2 saturated heterocycles. The van der Waals surface area contributed by atoms with Crippen molar-refractivity contribution in [2.24, 2.45) is 5.92 Å². The van der Waals surface area contributed by atoms with E-state index >= 15 is 0 Å². The molecule has 4 rings (SSSR count). The third kappa shape index (κ3) is 6.44. The molecular weight excluding hydrogens is 374 g/mol. The van der Waals surface area contributed by atoms with Gasteiger partial charge in [-0.25, -0.2) is 0 Å². The number of aromatic nitrogens is 1. The Kier molecular flexibility index (Phi) is 7.98. The summed E-state index contributed by atoms with van der Waals surface area (Å²) in [6.45, 7) is 5.57. The molecule has 2 aliphatic heterocycles. The van der Waals surface area contributed by atoms with Crippen LogP contribution in [0.4, 0.5) is 5.69 Å². The van der Waals surface area contributed by atoms with Crippen LogP contribution in [0.2, 0.25) is 0 Å². The Balaban J connectivity index is 1.16. The van der Waals surface area contributed by atoms with Crippen molar-refractivity contribution in [1.82, 2.24) is 10.3 Å². The van der Waals surface area contributed by atoms with Crippen LogP contribution < -0.4 is 15.0 Å². The van der Waals surface area contributed by atoms with Crippen LogP contribution in [0.1, 0.15) is 44.1 Å². The first-order chi connectivity index (χ1) is 14.9. The molecular formula is C25H35N3O2. The van der Waals surface area contributed by atoms with Crippen LogP contribution in [0.25, 0.3) is 0 Å². The highest BCUT2D eigenvalue weighted by atomic mass is 16.5. The maximum Gasteiger partial charge on any atom is 0.139 e. The number of benzene rings is 1. The molecule has 0 unspecified atom stereocenters. The minimum atomic E-state index is 0.474. The second-order valence-corrected chi connectivity index (χ2v) is 8.59. The van der Waals surface area contributed by atoms with Crippen molar-refractivity contribution in [3.8, 4) is 5.75 Å². The molecule has 2 aliphatic rings. The quantitative estimate of drug-likeness (QED) is 0.621. The zero-order valence-electron chi connectivity index (χ0n) is 18.0. The SMILES string of the molecule is c1ccc(COCCC2CCN(c3cncc(OC[C@H]4CCCCN4)c3)CC2)cc1. The molecule has 30 heavy (non-hydrogen) atoms. The molecule has 0 radical (unpaired) electrons. The highest BCUT2D eigenvalue weighted by Gasteiger charge is 2.20. The molecule has 0 amide bonds. The first kappa shape index (κ1) is 21.1. The lowest BCUT2D eigenvalue weighted by molar-refractivity contribution is 0.104. The van der Waals surface area contributed by atoms with E-state index in [0.717, 1.165) is 50.9 Å². The van der Waals surface area contributed by atoms with E-state index in [0.29, 0.717) is 12.6 Å². The van der Waals surface area contributed by atoms with Crippen LogP contribution in [0.3, 0.4) is 0 Å². The van der Waals surface area contributed by atoms with E-state index in [-0.39, 0.29) is 0 Å². The van der Waals surface area contributed by atoms with Crippen LogP contribution in [0.5, 0.6) is 5.75 Å². The predicted octanol–water partition coefficient (Wildman–Crippen LogP) is 4.43. The van der Waals surface area contributed by atoms with Crippen LogP contribution in [-0.4, -0.2) is 43.9 Å². The lowest BCUT2D eigenvalue weighted by Gasteiger charge is -2.33. The number of ether oxygens (including phenoxy) is 2. The van der Waals surface area contributed by atoms with Crippen LogP contribution >= 0.6 is 0 Å². The van der Waals surface area contributed by atoms with Crippen molar-refractivity contribution in [2.75, 3.05) is 37.7 Å². The van der Waals surface area contributed by atoms with Gasteiger partial charge in [0.05, 0.1) is 24.7 Å². The molecule has 1 aromatic heterocycles. The van der Waals surface area contributed by atoms with Gasteiger partial charge in [0.1, 0.15) is 12.4 Å². The Bertz CT molecular complexity index is 741. The first-order valence-electron chi connectivity index (χ1n) is 11.5. The third-order valence-electron chi connectivity index (χ3n) is 6.32. The molecule has 2 fully saturated rings. The molecule has 162 valence electrons. The summed E-state index contributed by atoms with van der Waals surface area (Å²) in [7, 11) is 0. The summed E-state index contributed by atoms with van der Waals surface area (Å²) in [6, 6.07) is 13.0. The minimum absolute atomic E-state index is 0.474. The molecule has 1 N–H and O–H groups in total. The summed E-state index contributed by atoms with van der Waals surface area (Å²) in [4.78, 5) is 6.87. The number of hydrogen-bond acceptors (Lipinski definition) is 5. The second kappa shape index (κ2) is 11.3. The van der Waals surface area contributed by atoms with Crippen LogP contribution in [0.15, 0.2) is 48.8 Å². The van der Waals surface area contributed by atoms with Crippen molar-refractivity contribution < 1.29 is 9.47 Å². The number of hydrogen-bond donors (Lipinski definition) is 1. The number of piperidine rings is 2. The van der Waals surface area contributed by atoms with E-state index in [1.807, 2.05) is 18.5 Å². The number of anilines is 1. The standard InChI is InChI=1S/C25H35N3O2/c1-2-6-22(7-3-1)19-29-15-11-21-9-13-28(14-10-21)24-16-25(18-26-17-24)30-20-23-8-4-5-12-27-23/h1-3,6-7,16-18,21,23,27H,4-5,8-15,19-20H2/t23-/m1/s1. The molecule has 0 spiro atoms. The fourth-order valence-corrected chi connectivity index (χ4v) is 4.42. The predicted molar refractivity (Wildman–Crippen MR) is 121 cm³/mol. The molecule has 5 nitrogen and oxygen atoms in total. The van der Waals surface area contributed by atoms with Gasteiger partial charge in [-0.3, -0.25) is 4.98 Å². The fourth-order valence-electron chi connectivity index (χ4n) is 4.42. The summed E-state index contributed by atoms with van der Waals surface area (Å²) in [5.41, 5.74) is 2.43.